The molecule has 1 saturated carbocycles. The molecule has 0 bridgehead atoms. The number of anilines is 1. The highest BCUT2D eigenvalue weighted by atomic mass is 32.1. The summed E-state index contributed by atoms with van der Waals surface area (Å²) in [6.07, 6.45) is 4.22. The van der Waals surface area contributed by atoms with E-state index >= 15 is 0 Å². The van der Waals surface area contributed by atoms with Crippen LogP contribution in [0, 0.1) is 11.3 Å². The van der Waals surface area contributed by atoms with Gasteiger partial charge < -0.3 is 14.7 Å². The van der Waals surface area contributed by atoms with Crippen molar-refractivity contribution in [3.8, 4) is 0 Å². The van der Waals surface area contributed by atoms with Crippen LogP contribution >= 0.6 is 11.3 Å². The normalized spacial score (nSPS) is 21.2. The molecule has 2 saturated heterocycles. The largest absolute Gasteiger partial charge is 0.367 e. The summed E-state index contributed by atoms with van der Waals surface area (Å²) < 4.78 is 1.32. The third-order valence-corrected chi connectivity index (χ3v) is 7.77. The van der Waals surface area contributed by atoms with Crippen molar-refractivity contribution in [3.63, 3.8) is 0 Å². The van der Waals surface area contributed by atoms with E-state index in [1.807, 2.05) is 9.80 Å². The van der Waals surface area contributed by atoms with Gasteiger partial charge in [-0.1, -0.05) is 12.6 Å². The molecule has 5 rings (SSSR count). The predicted molar refractivity (Wildman–Crippen MR) is 117 cm³/mol. The summed E-state index contributed by atoms with van der Waals surface area (Å²) in [6, 6.07) is 8.69. The number of likely N-dealkylation sites (tertiary alicyclic amines) is 1. The lowest BCUT2D eigenvalue weighted by Crippen LogP contribution is -2.63. The minimum Gasteiger partial charge on any atom is -0.367 e. The van der Waals surface area contributed by atoms with E-state index in [-0.39, 0.29) is 5.91 Å². The molecule has 1 aliphatic carbocycles. The molecule has 3 fully saturated rings. The van der Waals surface area contributed by atoms with Gasteiger partial charge in [0.15, 0.2) is 0 Å². The number of carbonyl (C=O) groups is 2. The first-order valence-electron chi connectivity index (χ1n) is 10.5. The lowest BCUT2D eigenvalue weighted by atomic mass is 9.57. The topological polar surface area (TPSA) is 43.9 Å². The number of hydrogen-bond donors (Lipinski definition) is 0. The third kappa shape index (κ3) is 3.33. The number of thiophene rings is 1. The van der Waals surface area contributed by atoms with Gasteiger partial charge in [0.25, 0.3) is 0 Å². The van der Waals surface area contributed by atoms with Crippen LogP contribution in [0.5, 0.6) is 0 Å². The lowest BCUT2D eigenvalue weighted by molar-refractivity contribution is -0.153. The summed E-state index contributed by atoms with van der Waals surface area (Å²) >= 11 is 1.78. The number of nitrogens with zero attached hydrogens (tertiary/aromatic N) is 3. The van der Waals surface area contributed by atoms with Gasteiger partial charge >= 0.3 is 0 Å². The van der Waals surface area contributed by atoms with Gasteiger partial charge in [-0.25, -0.2) is 0 Å². The first-order chi connectivity index (χ1) is 14.1. The second kappa shape index (κ2) is 7.17. The molecule has 29 heavy (non-hydrogen) atoms. The Labute approximate surface area is 175 Å². The van der Waals surface area contributed by atoms with Crippen molar-refractivity contribution in [3.05, 3.63) is 42.3 Å². The highest BCUT2D eigenvalue weighted by Crippen LogP contribution is 2.53. The Hall–Kier alpha value is -2.34. The van der Waals surface area contributed by atoms with E-state index in [2.05, 4.69) is 41.1 Å². The number of piperazine rings is 1. The number of hydrogen-bond acceptors (Lipinski definition) is 4. The number of rotatable bonds is 4. The summed E-state index contributed by atoms with van der Waals surface area (Å²) in [6.45, 7) is 8.64. The number of benzene rings is 1. The quantitative estimate of drug-likeness (QED) is 0.728. The first-order valence-corrected chi connectivity index (χ1v) is 11.4. The van der Waals surface area contributed by atoms with Crippen LogP contribution in [0.25, 0.3) is 10.1 Å². The van der Waals surface area contributed by atoms with E-state index in [4.69, 9.17) is 0 Å². The number of carbonyl (C=O) groups excluding carboxylic acids is 2. The van der Waals surface area contributed by atoms with Crippen LogP contribution in [0.2, 0.25) is 0 Å². The van der Waals surface area contributed by atoms with Gasteiger partial charge in [0, 0.05) is 66.9 Å². The maximum atomic E-state index is 12.8. The van der Waals surface area contributed by atoms with Gasteiger partial charge in [0.1, 0.15) is 0 Å². The molecule has 152 valence electrons. The van der Waals surface area contributed by atoms with Gasteiger partial charge in [0.2, 0.25) is 11.8 Å². The molecule has 1 spiro atoms. The Morgan fingerprint density at radius 1 is 1.10 bits per heavy atom. The Morgan fingerprint density at radius 2 is 1.86 bits per heavy atom. The predicted octanol–water partition coefficient (Wildman–Crippen LogP) is 3.36. The van der Waals surface area contributed by atoms with Crippen molar-refractivity contribution in [2.75, 3.05) is 44.2 Å². The smallest absolute Gasteiger partial charge is 0.245 e. The maximum absolute atomic E-state index is 12.8. The summed E-state index contributed by atoms with van der Waals surface area (Å²) in [5.74, 6) is 0.823. The van der Waals surface area contributed by atoms with Crippen LogP contribution in [-0.4, -0.2) is 60.9 Å². The molecule has 0 unspecified atom stereocenters. The summed E-state index contributed by atoms with van der Waals surface area (Å²) in [7, 11) is 0. The molecule has 3 heterocycles. The van der Waals surface area contributed by atoms with E-state index < -0.39 is 0 Å². The fourth-order valence-electron chi connectivity index (χ4n) is 5.44. The molecule has 0 atom stereocenters. The van der Waals surface area contributed by atoms with Crippen molar-refractivity contribution in [2.24, 2.45) is 11.3 Å². The zero-order valence-electron chi connectivity index (χ0n) is 16.7. The van der Waals surface area contributed by atoms with Crippen molar-refractivity contribution < 1.29 is 9.59 Å². The van der Waals surface area contributed by atoms with Crippen LogP contribution in [0.15, 0.2) is 42.3 Å². The molecule has 0 radical (unpaired) electrons. The SMILES string of the molecule is C=CC(=O)N1CC2(CC(CC(=O)N3CCN(c4cccc5sccc45)CC3)C2)C1. The zero-order chi connectivity index (χ0) is 20.0. The van der Waals surface area contributed by atoms with E-state index in [9.17, 15) is 9.59 Å². The highest BCUT2D eigenvalue weighted by Gasteiger charge is 2.53. The second-order valence-electron chi connectivity index (χ2n) is 8.85. The second-order valence-corrected chi connectivity index (χ2v) is 9.80. The van der Waals surface area contributed by atoms with Gasteiger partial charge in [-0.3, -0.25) is 9.59 Å². The van der Waals surface area contributed by atoms with Crippen LogP contribution in [0.3, 0.4) is 0 Å². The summed E-state index contributed by atoms with van der Waals surface area (Å²) in [5, 5.41) is 3.47. The molecule has 6 heteroatoms. The zero-order valence-corrected chi connectivity index (χ0v) is 17.5. The van der Waals surface area contributed by atoms with Crippen LogP contribution in [0.1, 0.15) is 19.3 Å². The third-order valence-electron chi connectivity index (χ3n) is 6.89. The maximum Gasteiger partial charge on any atom is 0.245 e. The standard InChI is InChI=1S/C23H27N3O2S/c1-2-21(27)26-15-23(16-26)13-17(14-23)12-22(28)25-9-7-24(8-10-25)19-4-3-5-20-18(19)6-11-29-20/h2-6,11,17H,1,7-10,12-16H2. The van der Waals surface area contributed by atoms with Crippen molar-refractivity contribution in [2.45, 2.75) is 19.3 Å². The van der Waals surface area contributed by atoms with Crippen LogP contribution < -0.4 is 4.90 Å². The minimum atomic E-state index is 0.0335. The van der Waals surface area contributed by atoms with Crippen molar-refractivity contribution in [1.29, 1.82) is 0 Å². The monoisotopic (exact) mass is 409 g/mol. The molecule has 2 aliphatic heterocycles. The van der Waals surface area contributed by atoms with Gasteiger partial charge in [0.05, 0.1) is 0 Å². The Kier molecular flexibility index (Phi) is 4.62. The molecular weight excluding hydrogens is 382 g/mol. The van der Waals surface area contributed by atoms with E-state index in [1.54, 1.807) is 11.3 Å². The molecule has 5 nitrogen and oxygen atoms in total. The minimum absolute atomic E-state index is 0.0335. The Balaban J connectivity index is 1.10. The van der Waals surface area contributed by atoms with Crippen molar-refractivity contribution in [1.82, 2.24) is 9.80 Å². The molecule has 1 aromatic heterocycles. The van der Waals surface area contributed by atoms with Crippen LogP contribution in [0.4, 0.5) is 5.69 Å². The van der Waals surface area contributed by atoms with E-state index in [0.717, 1.165) is 52.1 Å². The fraction of sp³-hybridized carbons (Fsp3) is 0.478. The Morgan fingerprint density at radius 3 is 2.59 bits per heavy atom. The van der Waals surface area contributed by atoms with E-state index in [1.165, 1.54) is 21.8 Å². The van der Waals surface area contributed by atoms with Crippen LogP contribution in [-0.2, 0) is 9.59 Å². The summed E-state index contributed by atoms with van der Waals surface area (Å²) in [4.78, 5) is 30.7. The highest BCUT2D eigenvalue weighted by molar-refractivity contribution is 7.17. The van der Waals surface area contributed by atoms with Gasteiger partial charge in [-0.2, -0.15) is 0 Å². The molecule has 3 aliphatic rings. The molecular formula is C23H27N3O2S. The molecule has 2 aromatic rings. The van der Waals surface area contributed by atoms with E-state index in [0.29, 0.717) is 23.7 Å². The molecule has 0 N–H and O–H groups in total. The number of fused-ring (bicyclic) bond motifs is 1. The van der Waals surface area contributed by atoms with Gasteiger partial charge in [-0.15, -0.1) is 11.3 Å². The number of amides is 2. The average molecular weight is 410 g/mol. The lowest BCUT2D eigenvalue weighted by Gasteiger charge is -2.59. The Bertz CT molecular complexity index is 946. The fourth-order valence-corrected chi connectivity index (χ4v) is 6.25. The first kappa shape index (κ1) is 18.7. The summed E-state index contributed by atoms with van der Waals surface area (Å²) in [5.41, 5.74) is 1.59. The average Bonchev–Trinajstić information content (AvgIpc) is 3.17. The molecule has 1 aromatic carbocycles. The van der Waals surface area contributed by atoms with Gasteiger partial charge in [-0.05, 0) is 48.4 Å². The van der Waals surface area contributed by atoms with Crippen molar-refractivity contribution >= 4 is 38.9 Å². The molecule has 2 amide bonds.